The summed E-state index contributed by atoms with van der Waals surface area (Å²) in [5, 5.41) is 2.51. The number of carbonyl (C=O) groups excluding carboxylic acids is 2. The Morgan fingerprint density at radius 1 is 1.35 bits per heavy atom. The maximum atomic E-state index is 11.8. The highest BCUT2D eigenvalue weighted by Gasteiger charge is 2.26. The lowest BCUT2D eigenvalue weighted by molar-refractivity contribution is -0.128. The Labute approximate surface area is 99.4 Å². The summed E-state index contributed by atoms with van der Waals surface area (Å²) >= 11 is 0. The molecule has 1 aliphatic heterocycles. The summed E-state index contributed by atoms with van der Waals surface area (Å²) in [6, 6.07) is 7.22. The molecule has 0 aliphatic carbocycles. The van der Waals surface area contributed by atoms with E-state index in [1.165, 1.54) is 4.90 Å². The van der Waals surface area contributed by atoms with Crippen molar-refractivity contribution in [3.05, 3.63) is 24.3 Å². The monoisotopic (exact) mass is 234 g/mol. The fraction of sp³-hybridized carbons (Fsp3) is 0.333. The standard InChI is InChI=1S/C12H14N2O3/c1-2-17-10-6-4-3-5-9(10)14-8-11(15)13-7-12(14)16/h3-6H,2,7-8H2,1H3,(H,13,15). The number of nitrogens with one attached hydrogen (secondary N) is 1. The van der Waals surface area contributed by atoms with Crippen molar-refractivity contribution in [1.82, 2.24) is 5.32 Å². The normalized spacial score (nSPS) is 15.7. The summed E-state index contributed by atoms with van der Waals surface area (Å²) in [7, 11) is 0. The zero-order chi connectivity index (χ0) is 12.3. The van der Waals surface area contributed by atoms with Crippen LogP contribution in [-0.4, -0.2) is 31.5 Å². The first-order valence-corrected chi connectivity index (χ1v) is 5.51. The van der Waals surface area contributed by atoms with Crippen LogP contribution in [0.5, 0.6) is 5.75 Å². The Balaban J connectivity index is 2.31. The lowest BCUT2D eigenvalue weighted by atomic mass is 10.2. The molecule has 0 unspecified atom stereocenters. The van der Waals surface area contributed by atoms with Crippen LogP contribution in [-0.2, 0) is 9.59 Å². The SMILES string of the molecule is CCOc1ccccc1N1CC(=O)NCC1=O. The zero-order valence-electron chi connectivity index (χ0n) is 9.60. The average Bonchev–Trinajstić information content (AvgIpc) is 2.34. The molecule has 1 aromatic carbocycles. The molecule has 5 nitrogen and oxygen atoms in total. The number of nitrogens with zero attached hydrogens (tertiary/aromatic N) is 1. The smallest absolute Gasteiger partial charge is 0.246 e. The van der Waals surface area contributed by atoms with E-state index in [0.29, 0.717) is 18.0 Å². The number of piperazine rings is 1. The summed E-state index contributed by atoms with van der Waals surface area (Å²) in [4.78, 5) is 24.5. The second kappa shape index (κ2) is 4.86. The van der Waals surface area contributed by atoms with Gasteiger partial charge in [0, 0.05) is 0 Å². The quantitative estimate of drug-likeness (QED) is 0.830. The predicted octanol–water partition coefficient (Wildman–Crippen LogP) is 0.548. The molecule has 0 aromatic heterocycles. The predicted molar refractivity (Wildman–Crippen MR) is 63.0 cm³/mol. The lowest BCUT2D eigenvalue weighted by Crippen LogP contribution is -2.51. The van der Waals surface area contributed by atoms with Crippen molar-refractivity contribution in [2.75, 3.05) is 24.6 Å². The topological polar surface area (TPSA) is 58.6 Å². The van der Waals surface area contributed by atoms with Gasteiger partial charge in [-0.3, -0.25) is 14.5 Å². The molecule has 1 N–H and O–H groups in total. The third-order valence-electron chi connectivity index (χ3n) is 2.50. The molecule has 1 saturated heterocycles. The molecule has 1 fully saturated rings. The van der Waals surface area contributed by atoms with Gasteiger partial charge in [-0.2, -0.15) is 0 Å². The van der Waals surface area contributed by atoms with E-state index in [2.05, 4.69) is 5.32 Å². The third-order valence-corrected chi connectivity index (χ3v) is 2.50. The van der Waals surface area contributed by atoms with E-state index >= 15 is 0 Å². The third kappa shape index (κ3) is 2.38. The summed E-state index contributed by atoms with van der Waals surface area (Å²) in [5.41, 5.74) is 0.647. The second-order valence-electron chi connectivity index (χ2n) is 3.66. The Bertz CT molecular complexity index is 445. The summed E-state index contributed by atoms with van der Waals surface area (Å²) in [6.45, 7) is 2.48. The largest absolute Gasteiger partial charge is 0.492 e. The van der Waals surface area contributed by atoms with E-state index in [1.807, 2.05) is 19.1 Å². The van der Waals surface area contributed by atoms with E-state index in [4.69, 9.17) is 4.74 Å². The molecule has 2 amide bonds. The van der Waals surface area contributed by atoms with Crippen molar-refractivity contribution in [2.24, 2.45) is 0 Å². The molecular weight excluding hydrogens is 220 g/mol. The number of para-hydroxylation sites is 2. The van der Waals surface area contributed by atoms with Crippen LogP contribution in [0, 0.1) is 0 Å². The van der Waals surface area contributed by atoms with Gasteiger partial charge in [0.05, 0.1) is 18.8 Å². The van der Waals surface area contributed by atoms with Crippen molar-refractivity contribution < 1.29 is 14.3 Å². The molecule has 90 valence electrons. The van der Waals surface area contributed by atoms with Gasteiger partial charge in [-0.25, -0.2) is 0 Å². The van der Waals surface area contributed by atoms with Gasteiger partial charge >= 0.3 is 0 Å². The molecule has 1 aromatic rings. The van der Waals surface area contributed by atoms with Crippen LogP contribution in [0.25, 0.3) is 0 Å². The molecule has 0 spiro atoms. The molecule has 0 saturated carbocycles. The first-order valence-electron chi connectivity index (χ1n) is 5.51. The minimum atomic E-state index is -0.157. The van der Waals surface area contributed by atoms with Crippen LogP contribution in [0.1, 0.15) is 6.92 Å². The lowest BCUT2D eigenvalue weighted by Gasteiger charge is -2.28. The minimum Gasteiger partial charge on any atom is -0.492 e. The van der Waals surface area contributed by atoms with Crippen molar-refractivity contribution in [3.8, 4) is 5.75 Å². The van der Waals surface area contributed by atoms with Crippen molar-refractivity contribution in [3.63, 3.8) is 0 Å². The number of anilines is 1. The highest BCUT2D eigenvalue weighted by atomic mass is 16.5. The van der Waals surface area contributed by atoms with E-state index in [9.17, 15) is 9.59 Å². The Kier molecular flexibility index (Phi) is 3.27. The Morgan fingerprint density at radius 3 is 2.88 bits per heavy atom. The van der Waals surface area contributed by atoms with Crippen molar-refractivity contribution >= 4 is 17.5 Å². The first-order chi connectivity index (χ1) is 8.22. The van der Waals surface area contributed by atoms with Gasteiger partial charge in [0.15, 0.2) is 0 Å². The maximum Gasteiger partial charge on any atom is 0.246 e. The van der Waals surface area contributed by atoms with E-state index in [-0.39, 0.29) is 24.9 Å². The van der Waals surface area contributed by atoms with Gasteiger partial charge in [-0.1, -0.05) is 12.1 Å². The minimum absolute atomic E-state index is 0.0410. The fourth-order valence-corrected chi connectivity index (χ4v) is 1.73. The molecule has 2 rings (SSSR count). The zero-order valence-corrected chi connectivity index (χ0v) is 9.60. The maximum absolute atomic E-state index is 11.8. The van der Waals surface area contributed by atoms with Crippen molar-refractivity contribution in [2.45, 2.75) is 6.92 Å². The molecule has 0 atom stereocenters. The van der Waals surface area contributed by atoms with Gasteiger partial charge in [-0.05, 0) is 19.1 Å². The highest BCUT2D eigenvalue weighted by molar-refractivity contribution is 6.05. The molecular formula is C12H14N2O3. The molecule has 1 aliphatic rings. The van der Waals surface area contributed by atoms with Crippen molar-refractivity contribution in [1.29, 1.82) is 0 Å². The van der Waals surface area contributed by atoms with Crippen LogP contribution < -0.4 is 15.0 Å². The number of rotatable bonds is 3. The summed E-state index contributed by atoms with van der Waals surface area (Å²) < 4.78 is 5.45. The first kappa shape index (κ1) is 11.4. The Hall–Kier alpha value is -2.04. The van der Waals surface area contributed by atoms with Gasteiger partial charge in [0.25, 0.3) is 0 Å². The number of ether oxygens (including phenoxy) is 1. The van der Waals surface area contributed by atoms with E-state index in [1.54, 1.807) is 12.1 Å². The van der Waals surface area contributed by atoms with Crippen LogP contribution >= 0.6 is 0 Å². The molecule has 0 radical (unpaired) electrons. The number of amides is 2. The summed E-state index contributed by atoms with van der Waals surface area (Å²) in [6.07, 6.45) is 0. The van der Waals surface area contributed by atoms with E-state index < -0.39 is 0 Å². The van der Waals surface area contributed by atoms with Crippen LogP contribution in [0.15, 0.2) is 24.3 Å². The van der Waals surface area contributed by atoms with Crippen LogP contribution in [0.3, 0.4) is 0 Å². The van der Waals surface area contributed by atoms with E-state index in [0.717, 1.165) is 0 Å². The number of hydrogen-bond acceptors (Lipinski definition) is 3. The van der Waals surface area contributed by atoms with Gasteiger partial charge in [-0.15, -0.1) is 0 Å². The second-order valence-corrected chi connectivity index (χ2v) is 3.66. The number of carbonyl (C=O) groups is 2. The molecule has 1 heterocycles. The van der Waals surface area contributed by atoms with Crippen LogP contribution in [0.2, 0.25) is 0 Å². The number of hydrogen-bond donors (Lipinski definition) is 1. The van der Waals surface area contributed by atoms with Crippen LogP contribution in [0.4, 0.5) is 5.69 Å². The van der Waals surface area contributed by atoms with Gasteiger partial charge in [0.2, 0.25) is 11.8 Å². The molecule has 17 heavy (non-hydrogen) atoms. The highest BCUT2D eigenvalue weighted by Crippen LogP contribution is 2.28. The summed E-state index contributed by atoms with van der Waals surface area (Å²) in [5.74, 6) is 0.339. The average molecular weight is 234 g/mol. The number of benzene rings is 1. The molecule has 0 bridgehead atoms. The molecule has 5 heteroatoms. The Morgan fingerprint density at radius 2 is 2.12 bits per heavy atom. The fourth-order valence-electron chi connectivity index (χ4n) is 1.73. The van der Waals surface area contributed by atoms with Gasteiger partial charge < -0.3 is 10.1 Å². The van der Waals surface area contributed by atoms with Gasteiger partial charge in [0.1, 0.15) is 12.3 Å².